The van der Waals surface area contributed by atoms with Crippen LogP contribution < -0.4 is 16.0 Å². The SMILES string of the molecule is CN=C(NCc1cccc(C(=O)NCc2ccco2)c1)NCc1nc(C)c(C)s1. The monoisotopic (exact) mass is 411 g/mol. The van der Waals surface area contributed by atoms with Gasteiger partial charge in [-0.2, -0.15) is 0 Å². The fourth-order valence-corrected chi connectivity index (χ4v) is 3.56. The van der Waals surface area contributed by atoms with Crippen molar-refractivity contribution in [2.75, 3.05) is 7.05 Å². The molecule has 2 aromatic heterocycles. The lowest BCUT2D eigenvalue weighted by molar-refractivity contribution is 0.0948. The standard InChI is InChI=1S/C21H25N5O2S/c1-14-15(2)29-19(26-14)13-25-21(22-3)24-11-16-6-4-7-17(10-16)20(27)23-12-18-8-5-9-28-18/h4-10H,11-13H2,1-3H3,(H,23,27)(H2,22,24,25). The molecule has 8 heteroatoms. The Balaban J connectivity index is 1.51. The molecule has 0 aliphatic rings. The van der Waals surface area contributed by atoms with Gasteiger partial charge in [-0.05, 0) is 43.7 Å². The first-order valence-electron chi connectivity index (χ1n) is 9.32. The average Bonchev–Trinajstić information content (AvgIpc) is 3.36. The van der Waals surface area contributed by atoms with Gasteiger partial charge in [-0.25, -0.2) is 4.98 Å². The highest BCUT2D eigenvalue weighted by atomic mass is 32.1. The van der Waals surface area contributed by atoms with Gasteiger partial charge in [0.2, 0.25) is 0 Å². The van der Waals surface area contributed by atoms with Crippen molar-refractivity contribution in [1.82, 2.24) is 20.9 Å². The molecule has 2 heterocycles. The Hall–Kier alpha value is -3.13. The van der Waals surface area contributed by atoms with Crippen molar-refractivity contribution in [3.8, 4) is 0 Å². The summed E-state index contributed by atoms with van der Waals surface area (Å²) in [4.78, 5) is 22.4. The zero-order valence-electron chi connectivity index (χ0n) is 16.8. The number of nitrogens with zero attached hydrogens (tertiary/aromatic N) is 2. The molecule has 152 valence electrons. The van der Waals surface area contributed by atoms with Crippen LogP contribution in [0.5, 0.6) is 0 Å². The van der Waals surface area contributed by atoms with Crippen LogP contribution in [0.2, 0.25) is 0 Å². The molecule has 0 bridgehead atoms. The number of carbonyl (C=O) groups is 1. The molecule has 29 heavy (non-hydrogen) atoms. The van der Waals surface area contributed by atoms with Crippen LogP contribution in [-0.2, 0) is 19.6 Å². The Kier molecular flexibility index (Phi) is 7.02. The molecule has 0 radical (unpaired) electrons. The Morgan fingerprint density at radius 2 is 1.93 bits per heavy atom. The zero-order chi connectivity index (χ0) is 20.6. The molecule has 3 aromatic rings. The number of rotatable bonds is 7. The number of nitrogens with one attached hydrogen (secondary N) is 3. The molecule has 0 saturated carbocycles. The molecule has 3 N–H and O–H groups in total. The van der Waals surface area contributed by atoms with Crippen LogP contribution in [0.4, 0.5) is 0 Å². The summed E-state index contributed by atoms with van der Waals surface area (Å²) in [5, 5.41) is 10.4. The van der Waals surface area contributed by atoms with Crippen LogP contribution >= 0.6 is 11.3 Å². The minimum atomic E-state index is -0.139. The van der Waals surface area contributed by atoms with Crippen molar-refractivity contribution >= 4 is 23.2 Å². The van der Waals surface area contributed by atoms with Crippen molar-refractivity contribution in [1.29, 1.82) is 0 Å². The van der Waals surface area contributed by atoms with Crippen molar-refractivity contribution in [3.63, 3.8) is 0 Å². The molecule has 0 unspecified atom stereocenters. The second-order valence-corrected chi connectivity index (χ2v) is 7.78. The number of benzene rings is 1. The van der Waals surface area contributed by atoms with Gasteiger partial charge in [0.25, 0.3) is 5.91 Å². The predicted molar refractivity (Wildman–Crippen MR) is 115 cm³/mol. The van der Waals surface area contributed by atoms with Crippen molar-refractivity contribution < 1.29 is 9.21 Å². The smallest absolute Gasteiger partial charge is 0.251 e. The summed E-state index contributed by atoms with van der Waals surface area (Å²) in [7, 11) is 1.73. The molecule has 1 amide bonds. The maximum atomic E-state index is 12.4. The van der Waals surface area contributed by atoms with Gasteiger partial charge in [-0.3, -0.25) is 9.79 Å². The number of hydrogen-bond acceptors (Lipinski definition) is 5. The molecule has 3 rings (SSSR count). The highest BCUT2D eigenvalue weighted by molar-refractivity contribution is 7.11. The van der Waals surface area contributed by atoms with E-state index in [0.717, 1.165) is 22.0 Å². The highest BCUT2D eigenvalue weighted by Crippen LogP contribution is 2.15. The Labute approximate surface area is 174 Å². The lowest BCUT2D eigenvalue weighted by Gasteiger charge is -2.12. The van der Waals surface area contributed by atoms with E-state index in [2.05, 4.69) is 32.9 Å². The number of furan rings is 1. The maximum Gasteiger partial charge on any atom is 0.251 e. The summed E-state index contributed by atoms with van der Waals surface area (Å²) in [6, 6.07) is 11.1. The third kappa shape index (κ3) is 5.92. The van der Waals surface area contributed by atoms with Gasteiger partial charge < -0.3 is 20.4 Å². The second-order valence-electron chi connectivity index (χ2n) is 6.49. The lowest BCUT2D eigenvalue weighted by atomic mass is 10.1. The van der Waals surface area contributed by atoms with Crippen molar-refractivity contribution in [3.05, 3.63) is 75.1 Å². The fourth-order valence-electron chi connectivity index (χ4n) is 2.69. The second kappa shape index (κ2) is 9.88. The molecule has 1 aromatic carbocycles. The average molecular weight is 412 g/mol. The number of carbonyl (C=O) groups excluding carboxylic acids is 1. The number of aryl methyl sites for hydroxylation is 2. The van der Waals surface area contributed by atoms with Gasteiger partial charge in [-0.15, -0.1) is 11.3 Å². The first-order chi connectivity index (χ1) is 14.0. The van der Waals surface area contributed by atoms with Crippen LogP contribution in [0.1, 0.15) is 37.3 Å². The Morgan fingerprint density at radius 3 is 2.62 bits per heavy atom. The largest absolute Gasteiger partial charge is 0.467 e. The van der Waals surface area contributed by atoms with E-state index in [-0.39, 0.29) is 5.91 Å². The van der Waals surface area contributed by atoms with Gasteiger partial charge in [-0.1, -0.05) is 12.1 Å². The topological polar surface area (TPSA) is 91.5 Å². The Morgan fingerprint density at radius 1 is 1.10 bits per heavy atom. The first kappa shape index (κ1) is 20.6. The quantitative estimate of drug-likeness (QED) is 0.410. The minimum Gasteiger partial charge on any atom is -0.467 e. The fraction of sp³-hybridized carbons (Fsp3) is 0.286. The number of amides is 1. The molecule has 0 aliphatic carbocycles. The maximum absolute atomic E-state index is 12.4. The van der Waals surface area contributed by atoms with Gasteiger partial charge in [0.15, 0.2) is 5.96 Å². The van der Waals surface area contributed by atoms with Crippen LogP contribution in [-0.4, -0.2) is 23.9 Å². The van der Waals surface area contributed by atoms with Crippen LogP contribution in [0.3, 0.4) is 0 Å². The van der Waals surface area contributed by atoms with E-state index >= 15 is 0 Å². The summed E-state index contributed by atoms with van der Waals surface area (Å²) in [5.74, 6) is 1.26. The van der Waals surface area contributed by atoms with E-state index in [4.69, 9.17) is 4.42 Å². The Bertz CT molecular complexity index is 959. The number of hydrogen-bond donors (Lipinski definition) is 3. The number of aliphatic imine (C=N–C) groups is 1. The molecule has 0 fully saturated rings. The lowest BCUT2D eigenvalue weighted by Crippen LogP contribution is -2.36. The zero-order valence-corrected chi connectivity index (χ0v) is 17.6. The van der Waals surface area contributed by atoms with Crippen molar-refractivity contribution in [2.45, 2.75) is 33.5 Å². The molecule has 0 saturated heterocycles. The van der Waals surface area contributed by atoms with E-state index < -0.39 is 0 Å². The van der Waals surface area contributed by atoms with Gasteiger partial charge >= 0.3 is 0 Å². The van der Waals surface area contributed by atoms with E-state index in [0.29, 0.717) is 31.2 Å². The molecule has 0 aliphatic heterocycles. The summed E-state index contributed by atoms with van der Waals surface area (Å²) in [6.45, 7) is 5.62. The van der Waals surface area contributed by atoms with Crippen LogP contribution in [0.15, 0.2) is 52.1 Å². The van der Waals surface area contributed by atoms with E-state index in [1.807, 2.05) is 31.2 Å². The van der Waals surface area contributed by atoms with E-state index in [1.54, 1.807) is 36.8 Å². The van der Waals surface area contributed by atoms with Gasteiger partial charge in [0.05, 0.1) is 25.0 Å². The summed E-state index contributed by atoms with van der Waals surface area (Å²) >= 11 is 1.68. The summed E-state index contributed by atoms with van der Waals surface area (Å²) < 4.78 is 5.23. The number of aromatic nitrogens is 1. The molecule has 7 nitrogen and oxygen atoms in total. The highest BCUT2D eigenvalue weighted by Gasteiger charge is 2.08. The van der Waals surface area contributed by atoms with E-state index in [1.165, 1.54) is 4.88 Å². The predicted octanol–water partition coefficient (Wildman–Crippen LogP) is 3.15. The normalized spacial score (nSPS) is 11.3. The van der Waals surface area contributed by atoms with Crippen LogP contribution in [0, 0.1) is 13.8 Å². The molecule has 0 spiro atoms. The van der Waals surface area contributed by atoms with Crippen LogP contribution in [0.25, 0.3) is 0 Å². The van der Waals surface area contributed by atoms with Gasteiger partial charge in [0, 0.05) is 24.0 Å². The molecular formula is C21H25N5O2S. The number of thiazole rings is 1. The summed E-state index contributed by atoms with van der Waals surface area (Å²) in [6.07, 6.45) is 1.59. The first-order valence-corrected chi connectivity index (χ1v) is 10.1. The third-order valence-corrected chi connectivity index (χ3v) is 5.43. The van der Waals surface area contributed by atoms with Crippen molar-refractivity contribution in [2.24, 2.45) is 4.99 Å². The molecule has 0 atom stereocenters. The van der Waals surface area contributed by atoms with Gasteiger partial charge in [0.1, 0.15) is 10.8 Å². The number of guanidine groups is 1. The third-order valence-electron chi connectivity index (χ3n) is 4.36. The molecular weight excluding hydrogens is 386 g/mol. The summed E-state index contributed by atoms with van der Waals surface area (Å²) in [5.41, 5.74) is 2.66. The minimum absolute atomic E-state index is 0.139. The van der Waals surface area contributed by atoms with E-state index in [9.17, 15) is 4.79 Å².